The van der Waals surface area contributed by atoms with Gasteiger partial charge in [0.1, 0.15) is 12.6 Å². The number of carbonyl (C=O) groups excluding carboxylic acids is 2. The minimum Gasteiger partial charge on any atom is -0.445 e. The third-order valence-electron chi connectivity index (χ3n) is 3.67. The van der Waals surface area contributed by atoms with Gasteiger partial charge < -0.3 is 10.1 Å². The lowest BCUT2D eigenvalue weighted by Gasteiger charge is -2.22. The smallest absolute Gasteiger partial charge is 0.411 e. The van der Waals surface area contributed by atoms with Crippen LogP contribution in [-0.2, 0) is 16.1 Å². The molecular weight excluding hydrogens is 324 g/mol. The van der Waals surface area contributed by atoms with Crippen LogP contribution in [0.3, 0.4) is 0 Å². The first-order valence-corrected chi connectivity index (χ1v) is 8.80. The quantitative estimate of drug-likeness (QED) is 0.926. The molecule has 3 rings (SSSR count). The molecule has 124 valence electrons. The maximum absolute atomic E-state index is 12.4. The van der Waals surface area contributed by atoms with Crippen molar-refractivity contribution in [2.75, 3.05) is 16.9 Å². The summed E-state index contributed by atoms with van der Waals surface area (Å²) in [6.07, 6.45) is -0.461. The zero-order valence-corrected chi connectivity index (χ0v) is 13.9. The van der Waals surface area contributed by atoms with Gasteiger partial charge in [0.25, 0.3) is 0 Å². The molecule has 0 spiro atoms. The molecule has 0 unspecified atom stereocenters. The summed E-state index contributed by atoms with van der Waals surface area (Å²) in [6, 6.07) is 18.2. The highest BCUT2D eigenvalue weighted by molar-refractivity contribution is 7.99. The number of rotatable bonds is 4. The molecule has 0 radical (unpaired) electrons. The maximum Gasteiger partial charge on any atom is 0.411 e. The average Bonchev–Trinajstić information content (AvgIpc) is 3.11. The van der Waals surface area contributed by atoms with E-state index >= 15 is 0 Å². The van der Waals surface area contributed by atoms with Crippen molar-refractivity contribution >= 4 is 29.4 Å². The first-order valence-electron chi connectivity index (χ1n) is 7.65. The van der Waals surface area contributed by atoms with Crippen LogP contribution in [0.25, 0.3) is 0 Å². The van der Waals surface area contributed by atoms with E-state index in [1.54, 1.807) is 11.8 Å². The highest BCUT2D eigenvalue weighted by atomic mass is 32.2. The molecule has 24 heavy (non-hydrogen) atoms. The van der Waals surface area contributed by atoms with Gasteiger partial charge in [-0.3, -0.25) is 9.69 Å². The molecule has 1 aliphatic rings. The van der Waals surface area contributed by atoms with Gasteiger partial charge in [-0.2, -0.15) is 0 Å². The Balaban J connectivity index is 1.58. The molecule has 1 atom stereocenters. The topological polar surface area (TPSA) is 58.6 Å². The van der Waals surface area contributed by atoms with E-state index in [4.69, 9.17) is 4.74 Å². The van der Waals surface area contributed by atoms with Crippen molar-refractivity contribution in [3.8, 4) is 0 Å². The molecule has 2 amide bonds. The van der Waals surface area contributed by atoms with Gasteiger partial charge in [-0.15, -0.1) is 11.8 Å². The van der Waals surface area contributed by atoms with Gasteiger partial charge in [-0.25, -0.2) is 4.79 Å². The van der Waals surface area contributed by atoms with Crippen LogP contribution < -0.4 is 5.32 Å². The van der Waals surface area contributed by atoms with E-state index in [1.165, 1.54) is 4.90 Å². The summed E-state index contributed by atoms with van der Waals surface area (Å²) in [5, 5.41) is 2.84. The summed E-state index contributed by atoms with van der Waals surface area (Å²) in [5.74, 6) is 0.836. The fourth-order valence-corrected chi connectivity index (χ4v) is 3.53. The Bertz CT molecular complexity index is 694. The lowest BCUT2D eigenvalue weighted by molar-refractivity contribution is -0.119. The molecule has 5 nitrogen and oxygen atoms in total. The number of para-hydroxylation sites is 1. The second-order valence-electron chi connectivity index (χ2n) is 5.38. The third-order valence-corrected chi connectivity index (χ3v) is 4.68. The van der Waals surface area contributed by atoms with Gasteiger partial charge in [0.2, 0.25) is 5.91 Å². The SMILES string of the molecule is O=C(Nc1ccccc1)[C@H]1CSCN1C(=O)OCc1ccccc1. The fraction of sp³-hybridized carbons (Fsp3) is 0.222. The van der Waals surface area contributed by atoms with Gasteiger partial charge in [0, 0.05) is 11.4 Å². The minimum absolute atomic E-state index is 0.192. The monoisotopic (exact) mass is 342 g/mol. The van der Waals surface area contributed by atoms with E-state index in [0.29, 0.717) is 11.6 Å². The molecule has 1 saturated heterocycles. The predicted octanol–water partition coefficient (Wildman–Crippen LogP) is 3.34. The molecule has 0 bridgehead atoms. The Morgan fingerprint density at radius 1 is 1.08 bits per heavy atom. The van der Waals surface area contributed by atoms with E-state index in [-0.39, 0.29) is 12.5 Å². The van der Waals surface area contributed by atoms with Gasteiger partial charge in [0.15, 0.2) is 0 Å². The summed E-state index contributed by atoms with van der Waals surface area (Å²) in [6.45, 7) is 0.202. The molecule has 0 aliphatic carbocycles. The number of anilines is 1. The van der Waals surface area contributed by atoms with Crippen LogP contribution in [-0.4, -0.2) is 34.6 Å². The molecule has 6 heteroatoms. The molecule has 1 N–H and O–H groups in total. The molecule has 2 aromatic carbocycles. The van der Waals surface area contributed by atoms with Crippen LogP contribution in [0, 0.1) is 0 Å². The summed E-state index contributed by atoms with van der Waals surface area (Å²) >= 11 is 1.54. The first-order chi connectivity index (χ1) is 11.7. The largest absolute Gasteiger partial charge is 0.445 e. The number of amides is 2. The van der Waals surface area contributed by atoms with Crippen molar-refractivity contribution < 1.29 is 14.3 Å². The number of hydrogen-bond acceptors (Lipinski definition) is 4. The molecule has 0 aromatic heterocycles. The van der Waals surface area contributed by atoms with Crippen molar-refractivity contribution in [3.63, 3.8) is 0 Å². The summed E-state index contributed by atoms with van der Waals surface area (Å²) in [5.41, 5.74) is 1.64. The number of benzene rings is 2. The number of nitrogens with one attached hydrogen (secondary N) is 1. The van der Waals surface area contributed by atoms with Crippen LogP contribution in [0.15, 0.2) is 60.7 Å². The molecule has 1 aliphatic heterocycles. The van der Waals surface area contributed by atoms with E-state index in [2.05, 4.69) is 5.32 Å². The number of thioether (sulfide) groups is 1. The Labute approximate surface area is 145 Å². The third kappa shape index (κ3) is 4.08. The van der Waals surface area contributed by atoms with E-state index in [0.717, 1.165) is 11.3 Å². The van der Waals surface area contributed by atoms with Crippen LogP contribution in [0.4, 0.5) is 10.5 Å². The summed E-state index contributed by atoms with van der Waals surface area (Å²) in [7, 11) is 0. The van der Waals surface area contributed by atoms with Crippen LogP contribution in [0.5, 0.6) is 0 Å². The van der Waals surface area contributed by atoms with Crippen LogP contribution in [0.1, 0.15) is 5.56 Å². The maximum atomic E-state index is 12.4. The van der Waals surface area contributed by atoms with Gasteiger partial charge in [-0.1, -0.05) is 48.5 Å². The lowest BCUT2D eigenvalue weighted by Crippen LogP contribution is -2.44. The Kier molecular flexibility index (Phi) is 5.38. The number of carbonyl (C=O) groups is 2. The van der Waals surface area contributed by atoms with Crippen molar-refractivity contribution in [2.24, 2.45) is 0 Å². The van der Waals surface area contributed by atoms with Gasteiger partial charge in [0.05, 0.1) is 5.88 Å². The first kappa shape index (κ1) is 16.4. The molecule has 0 saturated carbocycles. The number of nitrogens with zero attached hydrogens (tertiary/aromatic N) is 1. The lowest BCUT2D eigenvalue weighted by atomic mass is 10.2. The van der Waals surface area contributed by atoms with Gasteiger partial charge in [-0.05, 0) is 17.7 Å². The summed E-state index contributed by atoms with van der Waals surface area (Å²) in [4.78, 5) is 26.2. The second kappa shape index (κ2) is 7.88. The normalized spacial score (nSPS) is 16.7. The molecular formula is C18H18N2O3S. The van der Waals surface area contributed by atoms with E-state index in [9.17, 15) is 9.59 Å². The predicted molar refractivity (Wildman–Crippen MR) is 94.7 cm³/mol. The van der Waals surface area contributed by atoms with E-state index < -0.39 is 12.1 Å². The van der Waals surface area contributed by atoms with E-state index in [1.807, 2.05) is 60.7 Å². The number of ether oxygens (including phenoxy) is 1. The van der Waals surface area contributed by atoms with Crippen molar-refractivity contribution in [1.29, 1.82) is 0 Å². The summed E-state index contributed by atoms with van der Waals surface area (Å²) < 4.78 is 5.34. The standard InChI is InChI=1S/C18H18N2O3S/c21-17(19-15-9-5-2-6-10-15)16-12-24-13-20(16)18(22)23-11-14-7-3-1-4-8-14/h1-10,16H,11-13H2,(H,19,21)/t16-/m1/s1. The minimum atomic E-state index is -0.515. The van der Waals surface area contributed by atoms with Crippen molar-refractivity contribution in [3.05, 3.63) is 66.2 Å². The molecule has 1 heterocycles. The Morgan fingerprint density at radius 3 is 2.46 bits per heavy atom. The average molecular weight is 342 g/mol. The highest BCUT2D eigenvalue weighted by Gasteiger charge is 2.35. The van der Waals surface area contributed by atoms with Crippen molar-refractivity contribution in [2.45, 2.75) is 12.6 Å². The van der Waals surface area contributed by atoms with Crippen LogP contribution in [0.2, 0.25) is 0 Å². The van der Waals surface area contributed by atoms with Crippen molar-refractivity contribution in [1.82, 2.24) is 4.90 Å². The zero-order valence-electron chi connectivity index (χ0n) is 13.1. The number of hydrogen-bond donors (Lipinski definition) is 1. The van der Waals surface area contributed by atoms with Crippen LogP contribution >= 0.6 is 11.8 Å². The second-order valence-corrected chi connectivity index (χ2v) is 6.38. The fourth-order valence-electron chi connectivity index (χ4n) is 2.39. The highest BCUT2D eigenvalue weighted by Crippen LogP contribution is 2.23. The van der Waals surface area contributed by atoms with Gasteiger partial charge >= 0.3 is 6.09 Å². The molecule has 2 aromatic rings. The Hall–Kier alpha value is -2.47. The Morgan fingerprint density at radius 2 is 1.75 bits per heavy atom. The zero-order chi connectivity index (χ0) is 16.8. The molecule has 1 fully saturated rings.